The van der Waals surface area contributed by atoms with E-state index in [1.54, 1.807) is 24.3 Å². The van der Waals surface area contributed by atoms with E-state index in [2.05, 4.69) is 5.32 Å². The number of carbonyl (C=O) groups is 1. The number of benzene rings is 2. The molecule has 150 valence electrons. The standard InChI is InChI=1S/C21H26N2O4S/c1-14-6-11-17-18(13-21(2,3)27-19(17)12-14)22-20(24)15-7-9-16(10-8-15)23(4)28(5,25)26/h6-12,18H,13H2,1-5H3,(H,22,24). The second kappa shape index (κ2) is 7.13. The predicted molar refractivity (Wildman–Crippen MR) is 110 cm³/mol. The molecule has 0 saturated heterocycles. The molecule has 0 bridgehead atoms. The summed E-state index contributed by atoms with van der Waals surface area (Å²) in [5.41, 5.74) is 2.66. The molecule has 1 atom stereocenters. The Morgan fingerprint density at radius 2 is 1.82 bits per heavy atom. The third kappa shape index (κ3) is 4.30. The zero-order valence-electron chi connectivity index (χ0n) is 16.8. The van der Waals surface area contributed by atoms with E-state index in [1.807, 2.05) is 39.0 Å². The Kier molecular flexibility index (Phi) is 5.14. The number of aryl methyl sites for hydroxylation is 1. The Morgan fingerprint density at radius 1 is 1.18 bits per heavy atom. The van der Waals surface area contributed by atoms with Gasteiger partial charge in [-0.1, -0.05) is 12.1 Å². The minimum atomic E-state index is -3.34. The van der Waals surface area contributed by atoms with E-state index in [4.69, 9.17) is 4.74 Å². The summed E-state index contributed by atoms with van der Waals surface area (Å²) in [6, 6.07) is 12.3. The van der Waals surface area contributed by atoms with Gasteiger partial charge in [-0.25, -0.2) is 8.42 Å². The molecule has 1 aliphatic heterocycles. The maximum absolute atomic E-state index is 12.8. The lowest BCUT2D eigenvalue weighted by Gasteiger charge is -2.38. The summed E-state index contributed by atoms with van der Waals surface area (Å²) >= 11 is 0. The predicted octanol–water partition coefficient (Wildman–Crippen LogP) is 3.42. The van der Waals surface area contributed by atoms with Crippen molar-refractivity contribution in [1.82, 2.24) is 5.32 Å². The molecule has 0 aromatic heterocycles. The molecule has 1 unspecified atom stereocenters. The van der Waals surface area contributed by atoms with Crippen molar-refractivity contribution in [3.8, 4) is 5.75 Å². The van der Waals surface area contributed by atoms with Crippen molar-refractivity contribution in [1.29, 1.82) is 0 Å². The number of rotatable bonds is 4. The minimum absolute atomic E-state index is 0.162. The summed E-state index contributed by atoms with van der Waals surface area (Å²) in [5.74, 6) is 0.592. The number of nitrogens with one attached hydrogen (secondary N) is 1. The smallest absolute Gasteiger partial charge is 0.251 e. The van der Waals surface area contributed by atoms with Gasteiger partial charge in [-0.2, -0.15) is 0 Å². The third-order valence-corrected chi connectivity index (χ3v) is 6.13. The van der Waals surface area contributed by atoms with Gasteiger partial charge in [0.2, 0.25) is 10.0 Å². The number of fused-ring (bicyclic) bond motifs is 1. The molecule has 0 fully saturated rings. The molecule has 1 aliphatic rings. The summed E-state index contributed by atoms with van der Waals surface area (Å²) < 4.78 is 30.6. The number of hydrogen-bond acceptors (Lipinski definition) is 4. The molecule has 7 heteroatoms. The second-order valence-corrected chi connectivity index (χ2v) is 9.92. The Balaban J connectivity index is 1.81. The van der Waals surface area contributed by atoms with Gasteiger partial charge >= 0.3 is 0 Å². The number of anilines is 1. The van der Waals surface area contributed by atoms with E-state index in [1.165, 1.54) is 11.4 Å². The van der Waals surface area contributed by atoms with Crippen LogP contribution in [0.3, 0.4) is 0 Å². The van der Waals surface area contributed by atoms with Gasteiger partial charge in [0, 0.05) is 24.6 Å². The van der Waals surface area contributed by atoms with Gasteiger partial charge in [-0.15, -0.1) is 0 Å². The van der Waals surface area contributed by atoms with E-state index < -0.39 is 10.0 Å². The average Bonchev–Trinajstić information content (AvgIpc) is 2.59. The van der Waals surface area contributed by atoms with Crippen LogP contribution in [0.4, 0.5) is 5.69 Å². The van der Waals surface area contributed by atoms with Crippen LogP contribution in [0.5, 0.6) is 5.75 Å². The van der Waals surface area contributed by atoms with Crippen molar-refractivity contribution in [2.24, 2.45) is 0 Å². The molecule has 0 saturated carbocycles. The lowest BCUT2D eigenvalue weighted by molar-refractivity contribution is 0.0619. The highest BCUT2D eigenvalue weighted by molar-refractivity contribution is 7.92. The molecule has 28 heavy (non-hydrogen) atoms. The van der Waals surface area contributed by atoms with Crippen LogP contribution in [0.15, 0.2) is 42.5 Å². The molecule has 1 amide bonds. The molecule has 1 N–H and O–H groups in total. The summed E-state index contributed by atoms with van der Waals surface area (Å²) in [7, 11) is -1.86. The SMILES string of the molecule is Cc1ccc2c(c1)OC(C)(C)CC2NC(=O)c1ccc(N(C)S(C)(=O)=O)cc1. The van der Waals surface area contributed by atoms with Crippen molar-refractivity contribution < 1.29 is 17.9 Å². The molecule has 0 aliphatic carbocycles. The molecule has 2 aromatic carbocycles. The molecule has 1 heterocycles. The van der Waals surface area contributed by atoms with Gasteiger partial charge in [0.15, 0.2) is 0 Å². The first-order chi connectivity index (χ1) is 13.0. The van der Waals surface area contributed by atoms with Crippen LogP contribution in [0.2, 0.25) is 0 Å². The molecule has 2 aromatic rings. The third-order valence-electron chi connectivity index (χ3n) is 4.92. The largest absolute Gasteiger partial charge is 0.487 e. The van der Waals surface area contributed by atoms with E-state index in [0.29, 0.717) is 17.7 Å². The van der Waals surface area contributed by atoms with Crippen molar-refractivity contribution in [3.63, 3.8) is 0 Å². The average molecular weight is 403 g/mol. The van der Waals surface area contributed by atoms with Gasteiger partial charge in [-0.3, -0.25) is 9.10 Å². The fourth-order valence-electron chi connectivity index (χ4n) is 3.34. The number of amides is 1. The van der Waals surface area contributed by atoms with E-state index >= 15 is 0 Å². The summed E-state index contributed by atoms with van der Waals surface area (Å²) in [6.07, 6.45) is 1.80. The Labute approximate surface area is 166 Å². The van der Waals surface area contributed by atoms with Crippen LogP contribution in [0.1, 0.15) is 47.8 Å². The van der Waals surface area contributed by atoms with Gasteiger partial charge < -0.3 is 10.1 Å². The van der Waals surface area contributed by atoms with E-state index in [-0.39, 0.29) is 17.6 Å². The number of ether oxygens (including phenoxy) is 1. The highest BCUT2D eigenvalue weighted by Gasteiger charge is 2.34. The fourth-order valence-corrected chi connectivity index (χ4v) is 3.85. The van der Waals surface area contributed by atoms with Crippen LogP contribution in [-0.4, -0.2) is 33.2 Å². The first-order valence-corrected chi connectivity index (χ1v) is 11.0. The molecule has 6 nitrogen and oxygen atoms in total. The number of nitrogens with zero attached hydrogens (tertiary/aromatic N) is 1. The summed E-state index contributed by atoms with van der Waals surface area (Å²) in [4.78, 5) is 12.8. The topological polar surface area (TPSA) is 75.7 Å². The second-order valence-electron chi connectivity index (χ2n) is 7.91. The molecular weight excluding hydrogens is 376 g/mol. The van der Waals surface area contributed by atoms with E-state index in [0.717, 1.165) is 23.1 Å². The number of hydrogen-bond donors (Lipinski definition) is 1. The van der Waals surface area contributed by atoms with Crippen LogP contribution < -0.4 is 14.4 Å². The maximum atomic E-state index is 12.8. The van der Waals surface area contributed by atoms with E-state index in [9.17, 15) is 13.2 Å². The van der Waals surface area contributed by atoms with Crippen molar-refractivity contribution >= 4 is 21.6 Å². The van der Waals surface area contributed by atoms with Crippen molar-refractivity contribution in [3.05, 3.63) is 59.2 Å². The fraction of sp³-hybridized carbons (Fsp3) is 0.381. The van der Waals surface area contributed by atoms with Crippen molar-refractivity contribution in [2.75, 3.05) is 17.6 Å². The van der Waals surface area contributed by atoms with Crippen LogP contribution in [0, 0.1) is 6.92 Å². The molecule has 0 spiro atoms. The lowest BCUT2D eigenvalue weighted by atomic mass is 9.89. The molecular formula is C21H26N2O4S. The molecule has 3 rings (SSSR count). The minimum Gasteiger partial charge on any atom is -0.487 e. The normalized spacial score (nSPS) is 18.0. The van der Waals surface area contributed by atoms with Gasteiger partial charge in [0.25, 0.3) is 5.91 Å². The molecule has 0 radical (unpaired) electrons. The van der Waals surface area contributed by atoms with Gasteiger partial charge in [0.1, 0.15) is 11.4 Å². The quantitative estimate of drug-likeness (QED) is 0.850. The Hall–Kier alpha value is -2.54. The summed E-state index contributed by atoms with van der Waals surface area (Å²) in [5, 5.41) is 3.09. The van der Waals surface area contributed by atoms with Crippen LogP contribution in [0.25, 0.3) is 0 Å². The highest BCUT2D eigenvalue weighted by atomic mass is 32.2. The maximum Gasteiger partial charge on any atom is 0.251 e. The van der Waals surface area contributed by atoms with Crippen molar-refractivity contribution in [2.45, 2.75) is 38.8 Å². The highest BCUT2D eigenvalue weighted by Crippen LogP contribution is 2.40. The monoisotopic (exact) mass is 402 g/mol. The number of sulfonamides is 1. The first-order valence-electron chi connectivity index (χ1n) is 9.11. The zero-order chi connectivity index (χ0) is 20.7. The van der Waals surface area contributed by atoms with Gasteiger partial charge in [-0.05, 0) is 56.7 Å². The number of carbonyl (C=O) groups excluding carboxylic acids is 1. The zero-order valence-corrected chi connectivity index (χ0v) is 17.6. The Bertz CT molecular complexity index is 998. The lowest BCUT2D eigenvalue weighted by Crippen LogP contribution is -2.41. The first kappa shape index (κ1) is 20.2. The van der Waals surface area contributed by atoms with Gasteiger partial charge in [0.05, 0.1) is 18.0 Å². The summed E-state index contributed by atoms with van der Waals surface area (Å²) in [6.45, 7) is 6.02. The van der Waals surface area contributed by atoms with Crippen LogP contribution >= 0.6 is 0 Å². The van der Waals surface area contributed by atoms with Crippen LogP contribution in [-0.2, 0) is 10.0 Å². The Morgan fingerprint density at radius 3 is 2.43 bits per heavy atom.